The van der Waals surface area contributed by atoms with Crippen LogP contribution in [0, 0.1) is 0 Å². The van der Waals surface area contributed by atoms with E-state index < -0.39 is 0 Å². The molecular weight excluding hydrogens is 492 g/mol. The third kappa shape index (κ3) is 2.91. The Morgan fingerprint density at radius 3 is 1.92 bits per heavy atom. The van der Waals surface area contributed by atoms with Crippen molar-refractivity contribution in [2.24, 2.45) is 0 Å². The monoisotopic (exact) mass is 512 g/mol. The smallest absolute Gasteiger partial charge is 0.0987 e. The van der Waals surface area contributed by atoms with Crippen LogP contribution in [0.15, 0.2) is 121 Å². The van der Waals surface area contributed by atoms with Gasteiger partial charge in [-0.3, -0.25) is 0 Å². The van der Waals surface area contributed by atoms with Gasteiger partial charge in [-0.1, -0.05) is 103 Å². The van der Waals surface area contributed by atoms with Crippen molar-refractivity contribution in [1.29, 1.82) is 0 Å². The summed E-state index contributed by atoms with van der Waals surface area (Å²) in [6.45, 7) is 0. The Labute approximate surface area is 228 Å². The second kappa shape index (κ2) is 7.83. The van der Waals surface area contributed by atoms with Crippen LogP contribution in [0.4, 0.5) is 0 Å². The van der Waals surface area contributed by atoms with Gasteiger partial charge in [0, 0.05) is 31.3 Å². The quantitative estimate of drug-likeness (QED) is 0.215. The average Bonchev–Trinajstić information content (AvgIpc) is 3.39. The molecule has 0 bridgehead atoms. The molecule has 0 N–H and O–H groups in total. The van der Waals surface area contributed by atoms with E-state index in [4.69, 9.17) is 9.97 Å². The van der Waals surface area contributed by atoms with Crippen LogP contribution in [-0.4, -0.2) is 9.97 Å². The highest BCUT2D eigenvalue weighted by molar-refractivity contribution is 7.26. The van der Waals surface area contributed by atoms with Gasteiger partial charge < -0.3 is 0 Å². The summed E-state index contributed by atoms with van der Waals surface area (Å²) in [5.74, 6) is 0. The Hall–Kier alpha value is -4.86. The number of aromatic nitrogens is 2. The lowest BCUT2D eigenvalue weighted by Crippen LogP contribution is -1.95. The molecule has 0 radical (unpaired) electrons. The van der Waals surface area contributed by atoms with E-state index in [-0.39, 0.29) is 0 Å². The Morgan fingerprint density at radius 2 is 1.10 bits per heavy atom. The lowest BCUT2D eigenvalue weighted by atomic mass is 9.90. The number of rotatable bonds is 2. The molecule has 2 aromatic heterocycles. The van der Waals surface area contributed by atoms with Crippen LogP contribution in [-0.2, 0) is 0 Å². The molecule has 7 aromatic carbocycles. The summed E-state index contributed by atoms with van der Waals surface area (Å²) < 4.78 is 2.59. The van der Waals surface area contributed by atoms with Crippen LogP contribution < -0.4 is 0 Å². The minimum absolute atomic E-state index is 0.910. The molecule has 9 rings (SSSR count). The molecule has 2 heterocycles. The molecule has 180 valence electrons. The Bertz CT molecular complexity index is 2390. The first kappa shape index (κ1) is 21.1. The molecule has 0 atom stereocenters. The van der Waals surface area contributed by atoms with Gasteiger partial charge in [0.25, 0.3) is 0 Å². The Kier molecular flexibility index (Phi) is 4.24. The zero-order valence-electron chi connectivity index (χ0n) is 20.8. The van der Waals surface area contributed by atoms with E-state index in [0.29, 0.717) is 0 Å². The molecule has 0 saturated heterocycles. The van der Waals surface area contributed by atoms with Gasteiger partial charge in [0.15, 0.2) is 0 Å². The molecule has 0 aliphatic heterocycles. The van der Waals surface area contributed by atoms with Gasteiger partial charge in [0.1, 0.15) is 0 Å². The highest BCUT2D eigenvalue weighted by atomic mass is 32.1. The van der Waals surface area contributed by atoms with Gasteiger partial charge in [-0.05, 0) is 50.5 Å². The van der Waals surface area contributed by atoms with E-state index in [9.17, 15) is 0 Å². The maximum Gasteiger partial charge on any atom is 0.0987 e. The van der Waals surface area contributed by atoms with E-state index in [1.54, 1.807) is 0 Å². The molecule has 2 nitrogen and oxygen atoms in total. The number of fused-ring (bicyclic) bond motifs is 6. The van der Waals surface area contributed by atoms with Crippen LogP contribution >= 0.6 is 11.3 Å². The van der Waals surface area contributed by atoms with Crippen molar-refractivity contribution in [2.75, 3.05) is 0 Å². The predicted molar refractivity (Wildman–Crippen MR) is 167 cm³/mol. The first-order valence-corrected chi connectivity index (χ1v) is 14.0. The fraction of sp³-hybridized carbons (Fsp3) is 0. The first-order chi connectivity index (χ1) is 19.3. The van der Waals surface area contributed by atoms with Crippen LogP contribution in [0.25, 0.3) is 86.0 Å². The number of thiophene rings is 1. The molecule has 3 heteroatoms. The van der Waals surface area contributed by atoms with Crippen molar-refractivity contribution in [3.05, 3.63) is 121 Å². The molecule has 0 aliphatic carbocycles. The highest BCUT2D eigenvalue weighted by Gasteiger charge is 2.22. The van der Waals surface area contributed by atoms with Gasteiger partial charge >= 0.3 is 0 Å². The minimum atomic E-state index is 0.910. The van der Waals surface area contributed by atoms with Crippen LogP contribution in [0.5, 0.6) is 0 Å². The number of benzene rings is 7. The van der Waals surface area contributed by atoms with E-state index in [0.717, 1.165) is 33.5 Å². The maximum atomic E-state index is 5.26. The van der Waals surface area contributed by atoms with E-state index in [2.05, 4.69) is 97.1 Å². The normalized spacial score (nSPS) is 12.1. The summed E-state index contributed by atoms with van der Waals surface area (Å²) in [5.41, 5.74) is 5.89. The van der Waals surface area contributed by atoms with Crippen molar-refractivity contribution >= 4 is 74.9 Å². The standard InChI is InChI=1S/C36H20N2S/c1-2-10-21(11-3-1)34-35(38-29-17-9-8-16-28(29)37-34)27-19-18-26-24-14-6-7-15-25(24)31-23-13-5-4-12-22(23)20-30-33(31)32(26)36(27)39-30/h1-20H. The molecule has 0 spiro atoms. The summed E-state index contributed by atoms with van der Waals surface area (Å²) in [6, 6.07) is 43.2. The first-order valence-electron chi connectivity index (χ1n) is 13.2. The lowest BCUT2D eigenvalue weighted by Gasteiger charge is -2.14. The number of hydrogen-bond donors (Lipinski definition) is 0. The lowest BCUT2D eigenvalue weighted by molar-refractivity contribution is 1.30. The second-order valence-corrected chi connectivity index (χ2v) is 11.2. The molecule has 0 saturated carbocycles. The number of hydrogen-bond acceptors (Lipinski definition) is 3. The molecule has 9 aromatic rings. The van der Waals surface area contributed by atoms with Crippen molar-refractivity contribution in [3.63, 3.8) is 0 Å². The number of para-hydroxylation sites is 2. The summed E-state index contributed by atoms with van der Waals surface area (Å²) in [5, 5.41) is 10.5. The average molecular weight is 513 g/mol. The van der Waals surface area contributed by atoms with Gasteiger partial charge in [-0.2, -0.15) is 0 Å². The van der Waals surface area contributed by atoms with Crippen LogP contribution in [0.3, 0.4) is 0 Å². The molecular formula is C36H20N2S. The summed E-state index contributed by atoms with van der Waals surface area (Å²) in [4.78, 5) is 10.4. The zero-order chi connectivity index (χ0) is 25.5. The zero-order valence-corrected chi connectivity index (χ0v) is 21.7. The summed E-state index contributed by atoms with van der Waals surface area (Å²) in [6.07, 6.45) is 0. The minimum Gasteiger partial charge on any atom is -0.244 e. The van der Waals surface area contributed by atoms with E-state index in [1.165, 1.54) is 52.5 Å². The topological polar surface area (TPSA) is 25.8 Å². The largest absolute Gasteiger partial charge is 0.244 e. The Balaban J connectivity index is 1.49. The van der Waals surface area contributed by atoms with Crippen LogP contribution in [0.2, 0.25) is 0 Å². The third-order valence-electron chi connectivity index (χ3n) is 7.99. The summed E-state index contributed by atoms with van der Waals surface area (Å²) in [7, 11) is 0. The van der Waals surface area contributed by atoms with Crippen molar-refractivity contribution in [2.45, 2.75) is 0 Å². The van der Waals surface area contributed by atoms with Gasteiger partial charge in [0.05, 0.1) is 22.4 Å². The van der Waals surface area contributed by atoms with E-state index >= 15 is 0 Å². The third-order valence-corrected chi connectivity index (χ3v) is 9.16. The SMILES string of the molecule is c1ccc(-c2nc3ccccc3nc2-c2ccc3c4ccccc4c4c5ccccc5cc5sc2c3c54)cc1. The van der Waals surface area contributed by atoms with Gasteiger partial charge in [0.2, 0.25) is 0 Å². The fourth-order valence-corrected chi connectivity index (χ4v) is 7.61. The Morgan fingerprint density at radius 1 is 0.462 bits per heavy atom. The molecule has 0 amide bonds. The highest BCUT2D eigenvalue weighted by Crippen LogP contribution is 2.50. The maximum absolute atomic E-state index is 5.26. The van der Waals surface area contributed by atoms with Gasteiger partial charge in [-0.15, -0.1) is 11.3 Å². The van der Waals surface area contributed by atoms with Crippen molar-refractivity contribution < 1.29 is 0 Å². The van der Waals surface area contributed by atoms with Crippen molar-refractivity contribution in [3.8, 4) is 22.5 Å². The fourth-order valence-electron chi connectivity index (χ4n) is 6.31. The molecule has 0 aliphatic rings. The van der Waals surface area contributed by atoms with Crippen molar-refractivity contribution in [1.82, 2.24) is 9.97 Å². The van der Waals surface area contributed by atoms with Crippen LogP contribution in [0.1, 0.15) is 0 Å². The van der Waals surface area contributed by atoms with E-state index in [1.807, 2.05) is 35.6 Å². The summed E-state index contributed by atoms with van der Waals surface area (Å²) >= 11 is 1.88. The van der Waals surface area contributed by atoms with Gasteiger partial charge in [-0.25, -0.2) is 9.97 Å². The number of nitrogens with zero attached hydrogens (tertiary/aromatic N) is 2. The molecule has 0 unspecified atom stereocenters. The molecule has 39 heavy (non-hydrogen) atoms. The molecule has 0 fully saturated rings. The second-order valence-electron chi connectivity index (χ2n) is 10.1. The predicted octanol–water partition coefficient (Wildman–Crippen LogP) is 10.2.